The molecule has 0 amide bonds. The van der Waals surface area contributed by atoms with Crippen LogP contribution in [0.3, 0.4) is 0 Å². The van der Waals surface area contributed by atoms with E-state index < -0.39 is 71.2 Å². The third-order valence-electron chi connectivity index (χ3n) is 8.16. The molecule has 2 aliphatic heterocycles. The van der Waals surface area contributed by atoms with Crippen LogP contribution in [0.4, 0.5) is 5.82 Å². The summed E-state index contributed by atoms with van der Waals surface area (Å²) in [7, 11) is 0. The zero-order valence-corrected chi connectivity index (χ0v) is 35.6. The van der Waals surface area contributed by atoms with Crippen molar-refractivity contribution >= 4 is 80.7 Å². The molecule has 10 atom stereocenters. The van der Waals surface area contributed by atoms with E-state index in [1.165, 1.54) is 63.6 Å². The van der Waals surface area contributed by atoms with Crippen molar-refractivity contribution in [2.24, 2.45) is 22.1 Å². The van der Waals surface area contributed by atoms with Gasteiger partial charge in [-0.1, -0.05) is 54.0 Å². The van der Waals surface area contributed by atoms with E-state index >= 15 is 0 Å². The normalized spacial score (nSPS) is 26.0. The van der Waals surface area contributed by atoms with Crippen molar-refractivity contribution in [3.05, 3.63) is 72.0 Å². The van der Waals surface area contributed by atoms with Gasteiger partial charge in [0.2, 0.25) is 0 Å². The molecule has 2 aromatic heterocycles. The summed E-state index contributed by atoms with van der Waals surface area (Å²) in [5, 5.41) is 16.8. The van der Waals surface area contributed by atoms with Gasteiger partial charge in [-0.15, -0.1) is 16.7 Å². The van der Waals surface area contributed by atoms with E-state index in [0.717, 1.165) is 0 Å². The number of azide groups is 2. The van der Waals surface area contributed by atoms with E-state index in [1.807, 2.05) is 6.07 Å². The van der Waals surface area contributed by atoms with Crippen LogP contribution in [-0.4, -0.2) is 94.4 Å². The highest BCUT2D eigenvalue weighted by molar-refractivity contribution is 9.10. The van der Waals surface area contributed by atoms with E-state index in [2.05, 4.69) is 50.8 Å². The highest BCUT2D eigenvalue weighted by Crippen LogP contribution is 2.43. The predicted octanol–water partition coefficient (Wildman–Crippen LogP) is 7.26. The molecule has 58 heavy (non-hydrogen) atoms. The molecule has 2 saturated heterocycles. The zero-order valence-electron chi connectivity index (χ0n) is 31.6. The summed E-state index contributed by atoms with van der Waals surface area (Å²) >= 11 is 11.9. The number of carbonyl (C=O) groups is 4. The van der Waals surface area contributed by atoms with Crippen molar-refractivity contribution in [3.63, 3.8) is 0 Å². The lowest BCUT2D eigenvalue weighted by Gasteiger charge is -2.43. The molecule has 2 aliphatic rings. The van der Waals surface area contributed by atoms with Gasteiger partial charge in [0.1, 0.15) is 60.8 Å². The monoisotopic (exact) mass is 922 g/mol. The van der Waals surface area contributed by atoms with Crippen LogP contribution in [0.1, 0.15) is 47.2 Å². The zero-order chi connectivity index (χ0) is 43.1. The number of esters is 4. The van der Waals surface area contributed by atoms with Crippen LogP contribution in [0.2, 0.25) is 5.02 Å². The molecule has 0 spiro atoms. The van der Waals surface area contributed by atoms with Crippen LogP contribution in [0, 0.1) is 29.7 Å². The van der Waals surface area contributed by atoms with Crippen molar-refractivity contribution < 1.29 is 47.6 Å². The summed E-state index contributed by atoms with van der Waals surface area (Å²) in [6.45, 7) is 15.5. The third kappa shape index (κ3) is 13.6. The highest BCUT2D eigenvalue weighted by Gasteiger charge is 2.47. The number of thioether (sulfide) groups is 2. The fourth-order valence-electron chi connectivity index (χ4n) is 5.59. The highest BCUT2D eigenvalue weighted by atomic mass is 79.9. The van der Waals surface area contributed by atoms with Gasteiger partial charge in [0, 0.05) is 65.3 Å². The maximum absolute atomic E-state index is 11.6. The molecule has 24 heteroatoms. The number of hydrogen-bond acceptors (Lipinski definition) is 17. The van der Waals surface area contributed by atoms with E-state index in [-0.39, 0.29) is 41.6 Å². The number of carbonyl (C=O) groups excluding carboxylic acids is 4. The lowest BCUT2D eigenvalue weighted by atomic mass is 9.91. The molecule has 4 heterocycles. The SMILES string of the molecule is CC(=O)OCC1O[C@H](Sc2cnc(C#N)c(Cl)c2)C(C)[C@@H](N=[N+]=[N-])[C@H]1OC(C)=O.[C-]#[N+]c1ncc(Br)cc1S[C@H]1OC(COC(C)=O)[C@H](OC(C)=O)[C@H](N=[N+]=[N-])C1C. The molecule has 20 nitrogen and oxygen atoms in total. The van der Waals surface area contributed by atoms with Crippen LogP contribution >= 0.6 is 51.1 Å². The van der Waals surface area contributed by atoms with Gasteiger partial charge in [-0.05, 0) is 39.1 Å². The Morgan fingerprint density at radius 1 is 0.879 bits per heavy atom. The predicted molar refractivity (Wildman–Crippen MR) is 210 cm³/mol. The van der Waals surface area contributed by atoms with Gasteiger partial charge in [0.05, 0.1) is 21.6 Å². The number of rotatable bonds is 12. The lowest BCUT2D eigenvalue weighted by molar-refractivity contribution is -0.183. The first-order valence-electron chi connectivity index (χ1n) is 17.0. The summed E-state index contributed by atoms with van der Waals surface area (Å²) in [5.74, 6) is -2.76. The van der Waals surface area contributed by atoms with Gasteiger partial charge >= 0.3 is 23.9 Å². The van der Waals surface area contributed by atoms with Crippen molar-refractivity contribution in [3.8, 4) is 6.07 Å². The Balaban J connectivity index is 0.000000310. The second-order valence-corrected chi connectivity index (χ2v) is 16.0. The number of nitrogens with zero attached hydrogens (tertiary/aromatic N) is 10. The van der Waals surface area contributed by atoms with Gasteiger partial charge in [-0.3, -0.25) is 19.2 Å². The topological polar surface area (TPSA) is 275 Å². The Morgan fingerprint density at radius 3 is 1.79 bits per heavy atom. The first-order valence-corrected chi connectivity index (χ1v) is 19.9. The minimum absolute atomic E-state index is 0.100. The number of aromatic nitrogens is 2. The molecule has 4 unspecified atom stereocenters. The quantitative estimate of drug-likeness (QED) is 0.0506. The van der Waals surface area contributed by atoms with Crippen molar-refractivity contribution in [2.45, 2.75) is 98.7 Å². The maximum Gasteiger partial charge on any atom is 0.303 e. The van der Waals surface area contributed by atoms with Crippen LogP contribution < -0.4 is 0 Å². The van der Waals surface area contributed by atoms with Crippen LogP contribution in [0.5, 0.6) is 0 Å². The molecule has 308 valence electrons. The molecule has 4 rings (SSSR count). The number of hydrogen-bond donors (Lipinski definition) is 0. The third-order valence-corrected chi connectivity index (χ3v) is 11.5. The molecular formula is C34H36BrClN10O10S2. The van der Waals surface area contributed by atoms with E-state index in [9.17, 15) is 19.2 Å². The smallest absolute Gasteiger partial charge is 0.303 e. The summed E-state index contributed by atoms with van der Waals surface area (Å²) in [6.07, 6.45) is -0.524. The Morgan fingerprint density at radius 2 is 1.38 bits per heavy atom. The summed E-state index contributed by atoms with van der Waals surface area (Å²) in [6, 6.07) is 3.69. The largest absolute Gasteiger partial charge is 0.463 e. The summed E-state index contributed by atoms with van der Waals surface area (Å²) in [4.78, 5) is 64.0. The second-order valence-electron chi connectivity index (χ2n) is 12.4. The minimum Gasteiger partial charge on any atom is -0.463 e. The summed E-state index contributed by atoms with van der Waals surface area (Å²) < 4.78 is 33.5. The molecule has 2 aromatic rings. The Bertz CT molecular complexity index is 2030. The molecule has 0 saturated carbocycles. The Labute approximate surface area is 354 Å². The van der Waals surface area contributed by atoms with E-state index in [1.54, 1.807) is 26.0 Å². The molecule has 0 radical (unpaired) electrons. The number of nitriles is 1. The minimum atomic E-state index is -0.921. The van der Waals surface area contributed by atoms with Crippen molar-refractivity contribution in [1.82, 2.24) is 9.97 Å². The Kier molecular flexibility index (Phi) is 18.8. The molecule has 0 N–H and O–H groups in total. The van der Waals surface area contributed by atoms with Gasteiger partial charge in [-0.25, -0.2) is 4.98 Å². The first-order chi connectivity index (χ1) is 27.5. The average Bonchev–Trinajstić information content (AvgIpc) is 3.15. The van der Waals surface area contributed by atoms with Gasteiger partial charge in [0.15, 0.2) is 5.69 Å². The van der Waals surface area contributed by atoms with Crippen LogP contribution in [-0.2, 0) is 47.6 Å². The fourth-order valence-corrected chi connectivity index (χ4v) is 8.71. The van der Waals surface area contributed by atoms with Crippen LogP contribution in [0.25, 0.3) is 25.7 Å². The fraction of sp³-hybridized carbons (Fsp3) is 0.529. The molecule has 0 bridgehead atoms. The van der Waals surface area contributed by atoms with Gasteiger partial charge < -0.3 is 33.3 Å². The Hall–Kier alpha value is -4.83. The molecule has 0 aliphatic carbocycles. The summed E-state index contributed by atoms with van der Waals surface area (Å²) in [5.41, 5.74) is 17.0. The average molecular weight is 924 g/mol. The standard InChI is InChI=1S/C17H18BrN5O5S.C17H18ClN5O5S/c1-8-14(22-23-19)15(27-10(3)25)12(7-26-9(2)24)28-17(8)29-13-5-11(18)6-21-16(13)20-4;1-8-15(22-23-20)16(27-10(3)25)14(7-26-9(2)24)28-17(8)29-11-4-12(18)13(5-19)21-6-11/h5-6,8,12,14-15,17H,7H2,1-3H3;4,6,8,14-17H,7H2,1-3H3/t8?,12?,14-,15+,17-;8?,14?,15-,16+,17-/m11/s1. The first kappa shape index (κ1) is 47.5. The number of ether oxygens (including phenoxy) is 6. The van der Waals surface area contributed by atoms with Crippen LogP contribution in [0.15, 0.2) is 49.0 Å². The maximum atomic E-state index is 11.6. The van der Waals surface area contributed by atoms with Gasteiger partial charge in [0.25, 0.3) is 5.82 Å². The molecule has 0 aromatic carbocycles. The molecule has 2 fully saturated rings. The van der Waals surface area contributed by atoms with E-state index in [4.69, 9.17) is 62.9 Å². The number of halogens is 2. The second kappa shape index (κ2) is 22.9. The van der Waals surface area contributed by atoms with Crippen molar-refractivity contribution in [2.75, 3.05) is 13.2 Å². The molecular weight excluding hydrogens is 888 g/mol. The number of pyridine rings is 2. The van der Waals surface area contributed by atoms with Crippen molar-refractivity contribution in [1.29, 1.82) is 5.26 Å². The lowest BCUT2D eigenvalue weighted by Crippen LogP contribution is -2.55. The van der Waals surface area contributed by atoms with E-state index in [0.29, 0.717) is 14.3 Å². The van der Waals surface area contributed by atoms with Gasteiger partial charge in [-0.2, -0.15) is 5.26 Å².